The second-order valence-electron chi connectivity index (χ2n) is 7.61. The van der Waals surface area contributed by atoms with E-state index in [4.69, 9.17) is 0 Å². The molecule has 0 fully saturated rings. The van der Waals surface area contributed by atoms with E-state index in [9.17, 15) is 4.79 Å². The lowest BCUT2D eigenvalue weighted by Gasteiger charge is -2.12. The fourth-order valence-corrected chi connectivity index (χ4v) is 3.45. The second kappa shape index (κ2) is 8.84. The van der Waals surface area contributed by atoms with Crippen molar-refractivity contribution in [3.8, 4) is 11.1 Å². The van der Waals surface area contributed by atoms with Gasteiger partial charge in [0.1, 0.15) is 0 Å². The fourth-order valence-electron chi connectivity index (χ4n) is 3.45. The topological polar surface area (TPSA) is 49.3 Å². The molecule has 0 aliphatic carbocycles. The summed E-state index contributed by atoms with van der Waals surface area (Å²) in [5, 5.41) is 6.93. The van der Waals surface area contributed by atoms with E-state index in [-0.39, 0.29) is 6.03 Å². The Morgan fingerprint density at radius 3 is 2.23 bits per heavy atom. The summed E-state index contributed by atoms with van der Waals surface area (Å²) in [6.45, 7) is 1.91. The number of aromatic nitrogens is 1. The van der Waals surface area contributed by atoms with Gasteiger partial charge in [-0.1, -0.05) is 42.5 Å². The van der Waals surface area contributed by atoms with Gasteiger partial charge in [-0.25, -0.2) is 4.79 Å². The first kappa shape index (κ1) is 19.7. The molecule has 2 N–H and O–H groups in total. The third-order valence-electron chi connectivity index (χ3n) is 5.07. The monoisotopic (exact) mass is 398 g/mol. The van der Waals surface area contributed by atoms with Gasteiger partial charge < -0.3 is 20.1 Å². The highest BCUT2D eigenvalue weighted by Crippen LogP contribution is 2.22. The lowest BCUT2D eigenvalue weighted by atomic mass is 10.1. The van der Waals surface area contributed by atoms with Crippen LogP contribution in [-0.2, 0) is 6.54 Å². The maximum absolute atomic E-state index is 12.4. The third-order valence-corrected chi connectivity index (χ3v) is 5.07. The molecular weight excluding hydrogens is 372 g/mol. The summed E-state index contributed by atoms with van der Waals surface area (Å²) in [5.74, 6) is 0. The highest BCUT2D eigenvalue weighted by molar-refractivity contribution is 6.01. The predicted octanol–water partition coefficient (Wildman–Crippen LogP) is 5.51. The highest BCUT2D eigenvalue weighted by atomic mass is 16.2. The molecule has 2 amide bonds. The number of amides is 2. The minimum atomic E-state index is -0.256. The van der Waals surface area contributed by atoms with E-state index >= 15 is 0 Å². The molecule has 3 aromatic carbocycles. The van der Waals surface area contributed by atoms with Gasteiger partial charge in [-0.15, -0.1) is 0 Å². The Bertz CT molecular complexity index is 1130. The van der Waals surface area contributed by atoms with Crippen LogP contribution in [0.4, 0.5) is 16.2 Å². The number of carbonyl (C=O) groups excluding carboxylic acids is 1. The van der Waals surface area contributed by atoms with Crippen molar-refractivity contribution in [2.45, 2.75) is 6.54 Å². The Morgan fingerprint density at radius 1 is 0.833 bits per heavy atom. The molecule has 30 heavy (non-hydrogen) atoms. The number of hydrogen-bond acceptors (Lipinski definition) is 2. The number of likely N-dealkylation sites (N-methyl/N-ethyl adjacent to an activating group) is 1. The van der Waals surface area contributed by atoms with Crippen LogP contribution in [0.2, 0.25) is 0 Å². The Labute approximate surface area is 176 Å². The number of fused-ring (bicyclic) bond motifs is 1. The number of nitrogens with zero attached hydrogens (tertiary/aromatic N) is 2. The number of hydrogen-bond donors (Lipinski definition) is 2. The number of carbonyl (C=O) groups is 1. The average molecular weight is 399 g/mol. The summed E-state index contributed by atoms with van der Waals surface area (Å²) in [7, 11) is 4.14. The summed E-state index contributed by atoms with van der Waals surface area (Å²) in [4.78, 5) is 14.6. The highest BCUT2D eigenvalue weighted by Gasteiger charge is 2.07. The van der Waals surface area contributed by atoms with Crippen LogP contribution >= 0.6 is 0 Å². The number of urea groups is 1. The van der Waals surface area contributed by atoms with Crippen LogP contribution in [0.3, 0.4) is 0 Å². The lowest BCUT2D eigenvalue weighted by molar-refractivity contribution is 0.262. The maximum atomic E-state index is 12.4. The molecular formula is C25H26N4O. The van der Waals surface area contributed by atoms with Crippen molar-refractivity contribution >= 4 is 28.3 Å². The average Bonchev–Trinajstić information content (AvgIpc) is 3.15. The van der Waals surface area contributed by atoms with Gasteiger partial charge in [-0.05, 0) is 61.6 Å². The molecule has 4 rings (SSSR count). The van der Waals surface area contributed by atoms with E-state index < -0.39 is 0 Å². The normalized spacial score (nSPS) is 11.0. The SMILES string of the molecule is CN(C)CCn1ccc2cc(NC(=O)Nc3ccc(-c4ccccc4)cc3)ccc21. The van der Waals surface area contributed by atoms with Gasteiger partial charge in [0.15, 0.2) is 0 Å². The van der Waals surface area contributed by atoms with Gasteiger partial charge in [-0.2, -0.15) is 0 Å². The minimum Gasteiger partial charge on any atom is -0.346 e. The summed E-state index contributed by atoms with van der Waals surface area (Å²) >= 11 is 0. The van der Waals surface area contributed by atoms with Crippen molar-refractivity contribution < 1.29 is 4.79 Å². The van der Waals surface area contributed by atoms with Gasteiger partial charge in [0.2, 0.25) is 0 Å². The quantitative estimate of drug-likeness (QED) is 0.450. The molecule has 5 heteroatoms. The van der Waals surface area contributed by atoms with Crippen molar-refractivity contribution in [2.24, 2.45) is 0 Å². The van der Waals surface area contributed by atoms with Crippen molar-refractivity contribution in [3.05, 3.63) is 85.1 Å². The molecule has 0 unspecified atom stereocenters. The van der Waals surface area contributed by atoms with Gasteiger partial charge >= 0.3 is 6.03 Å². The largest absolute Gasteiger partial charge is 0.346 e. The smallest absolute Gasteiger partial charge is 0.323 e. The summed E-state index contributed by atoms with van der Waals surface area (Å²) < 4.78 is 2.23. The standard InChI is InChI=1S/C25H26N4O/c1-28(2)16-17-29-15-14-21-18-23(12-13-24(21)29)27-25(30)26-22-10-8-20(9-11-22)19-6-4-3-5-7-19/h3-15,18H,16-17H2,1-2H3,(H2,26,27,30). The molecule has 4 aromatic rings. The Hall–Kier alpha value is -3.57. The van der Waals surface area contributed by atoms with Gasteiger partial charge in [-0.3, -0.25) is 0 Å². The summed E-state index contributed by atoms with van der Waals surface area (Å²) in [6.07, 6.45) is 2.09. The fraction of sp³-hybridized carbons (Fsp3) is 0.160. The van der Waals surface area contributed by atoms with E-state index in [2.05, 4.69) is 64.7 Å². The molecule has 0 bridgehead atoms. The number of rotatable bonds is 6. The number of benzene rings is 3. The van der Waals surface area contributed by atoms with Crippen LogP contribution in [-0.4, -0.2) is 36.1 Å². The molecule has 0 aliphatic heterocycles. The Kier molecular flexibility index (Phi) is 5.82. The zero-order chi connectivity index (χ0) is 20.9. The van der Waals surface area contributed by atoms with Crippen molar-refractivity contribution in [1.82, 2.24) is 9.47 Å². The molecule has 1 heterocycles. The molecule has 5 nitrogen and oxygen atoms in total. The Balaban J connectivity index is 1.39. The molecule has 0 aliphatic rings. The summed E-state index contributed by atoms with van der Waals surface area (Å²) in [6, 6.07) is 25.8. The van der Waals surface area contributed by atoms with Crippen molar-refractivity contribution in [2.75, 3.05) is 31.3 Å². The number of anilines is 2. The van der Waals surface area contributed by atoms with Crippen LogP contribution in [0.15, 0.2) is 85.1 Å². The molecule has 0 spiro atoms. The van der Waals surface area contributed by atoms with Crippen LogP contribution in [0.1, 0.15) is 0 Å². The first-order valence-electron chi connectivity index (χ1n) is 10.1. The van der Waals surface area contributed by atoms with Crippen LogP contribution in [0.5, 0.6) is 0 Å². The van der Waals surface area contributed by atoms with E-state index in [1.54, 1.807) is 0 Å². The third kappa shape index (κ3) is 4.70. The minimum absolute atomic E-state index is 0.256. The summed E-state index contributed by atoms with van der Waals surface area (Å²) in [5.41, 5.74) is 4.96. The zero-order valence-corrected chi connectivity index (χ0v) is 17.3. The zero-order valence-electron chi connectivity index (χ0n) is 17.3. The Morgan fingerprint density at radius 2 is 1.50 bits per heavy atom. The first-order valence-corrected chi connectivity index (χ1v) is 10.1. The van der Waals surface area contributed by atoms with E-state index in [0.717, 1.165) is 41.0 Å². The molecule has 0 atom stereocenters. The number of nitrogens with one attached hydrogen (secondary N) is 2. The van der Waals surface area contributed by atoms with Gasteiger partial charge in [0.25, 0.3) is 0 Å². The van der Waals surface area contributed by atoms with E-state index in [0.29, 0.717) is 0 Å². The molecule has 152 valence electrons. The van der Waals surface area contributed by atoms with Gasteiger partial charge in [0, 0.05) is 41.6 Å². The lowest BCUT2D eigenvalue weighted by Crippen LogP contribution is -2.19. The van der Waals surface area contributed by atoms with Crippen LogP contribution in [0, 0.1) is 0 Å². The van der Waals surface area contributed by atoms with E-state index in [1.165, 1.54) is 5.52 Å². The molecule has 0 saturated carbocycles. The first-order chi connectivity index (χ1) is 14.6. The van der Waals surface area contributed by atoms with Crippen LogP contribution < -0.4 is 10.6 Å². The van der Waals surface area contributed by atoms with Crippen molar-refractivity contribution in [1.29, 1.82) is 0 Å². The van der Waals surface area contributed by atoms with E-state index in [1.807, 2.05) is 54.6 Å². The molecule has 1 aromatic heterocycles. The predicted molar refractivity (Wildman–Crippen MR) is 125 cm³/mol. The molecule has 0 saturated heterocycles. The van der Waals surface area contributed by atoms with Crippen molar-refractivity contribution in [3.63, 3.8) is 0 Å². The second-order valence-corrected chi connectivity index (χ2v) is 7.61. The van der Waals surface area contributed by atoms with Gasteiger partial charge in [0.05, 0.1) is 0 Å². The van der Waals surface area contributed by atoms with Crippen LogP contribution in [0.25, 0.3) is 22.0 Å². The molecule has 0 radical (unpaired) electrons. The maximum Gasteiger partial charge on any atom is 0.323 e.